The van der Waals surface area contributed by atoms with Crippen molar-refractivity contribution >= 4 is 18.0 Å². The normalized spacial score (nSPS) is 14.4. The number of carbonyl (C=O) groups excluding carboxylic acids is 2. The zero-order valence-electron chi connectivity index (χ0n) is 10.6. The smallest absolute Gasteiger partial charge is 0.324 e. The number of nitrogens with zero attached hydrogens (tertiary/aromatic N) is 2. The van der Waals surface area contributed by atoms with E-state index in [-0.39, 0.29) is 12.5 Å². The number of hydrogen-bond donors (Lipinski definition) is 1. The van der Waals surface area contributed by atoms with Gasteiger partial charge >= 0.3 is 12.2 Å². The van der Waals surface area contributed by atoms with Gasteiger partial charge in [0.15, 0.2) is 0 Å². The lowest BCUT2D eigenvalue weighted by molar-refractivity contribution is -0.163. The summed E-state index contributed by atoms with van der Waals surface area (Å²) in [6.45, 7) is 6.95. The average molecular weight is 241 g/mol. The van der Waals surface area contributed by atoms with Gasteiger partial charge in [-0.25, -0.2) is 0 Å². The van der Waals surface area contributed by atoms with Crippen LogP contribution in [0.15, 0.2) is 0 Å². The monoisotopic (exact) mass is 241 g/mol. The van der Waals surface area contributed by atoms with Gasteiger partial charge in [0.2, 0.25) is 0 Å². The highest BCUT2D eigenvalue weighted by molar-refractivity contribution is 6.30. The quantitative estimate of drug-likeness (QED) is 0.247. The summed E-state index contributed by atoms with van der Waals surface area (Å²) >= 11 is 0. The molecule has 6 heteroatoms. The second-order valence-electron chi connectivity index (χ2n) is 4.87. The minimum Gasteiger partial charge on any atom is -0.459 e. The Morgan fingerprint density at radius 1 is 1.47 bits per heavy atom. The highest BCUT2D eigenvalue weighted by atomic mass is 16.6. The molecule has 0 aliphatic heterocycles. The van der Waals surface area contributed by atoms with E-state index >= 15 is 0 Å². The molecule has 0 saturated heterocycles. The van der Waals surface area contributed by atoms with Gasteiger partial charge in [-0.1, -0.05) is 6.92 Å². The predicted molar refractivity (Wildman–Crippen MR) is 62.2 cm³/mol. The Labute approximate surface area is 101 Å². The Morgan fingerprint density at radius 3 is 2.35 bits per heavy atom. The molecule has 17 heavy (non-hydrogen) atoms. The topological polar surface area (TPSA) is 106 Å². The van der Waals surface area contributed by atoms with Crippen LogP contribution in [0.4, 0.5) is 0 Å². The van der Waals surface area contributed by atoms with Gasteiger partial charge < -0.3 is 16.0 Å². The summed E-state index contributed by atoms with van der Waals surface area (Å²) in [5, 5.41) is 0. The molecule has 0 rings (SSSR count). The fraction of sp³-hybridized carbons (Fsp3) is 0.727. The fourth-order valence-corrected chi connectivity index (χ4v) is 1.27. The van der Waals surface area contributed by atoms with Crippen molar-refractivity contribution in [2.75, 3.05) is 6.54 Å². The number of ketones is 1. The van der Waals surface area contributed by atoms with Crippen LogP contribution in [0.1, 0.15) is 27.7 Å². The van der Waals surface area contributed by atoms with E-state index in [1.807, 2.05) is 0 Å². The maximum absolute atomic E-state index is 11.8. The second kappa shape index (κ2) is 6.27. The van der Waals surface area contributed by atoms with E-state index in [0.29, 0.717) is 6.21 Å². The minimum atomic E-state index is -1.03. The molecule has 0 fully saturated rings. The van der Waals surface area contributed by atoms with Gasteiger partial charge in [0.05, 0.1) is 0 Å². The van der Waals surface area contributed by atoms with Crippen molar-refractivity contribution in [3.05, 3.63) is 5.53 Å². The van der Waals surface area contributed by atoms with Gasteiger partial charge in [-0.2, -0.15) is 4.79 Å². The molecule has 0 bridgehead atoms. The maximum Gasteiger partial charge on any atom is 0.324 e. The zero-order valence-corrected chi connectivity index (χ0v) is 10.6. The van der Waals surface area contributed by atoms with Gasteiger partial charge in [0, 0.05) is 0 Å². The third-order valence-corrected chi connectivity index (χ3v) is 2.09. The van der Waals surface area contributed by atoms with Crippen LogP contribution in [0, 0.1) is 11.8 Å². The molecule has 0 aliphatic carbocycles. The molecule has 96 valence electrons. The van der Waals surface area contributed by atoms with Gasteiger partial charge in [-0.15, -0.1) is 0 Å². The van der Waals surface area contributed by atoms with Crippen LogP contribution in [-0.4, -0.2) is 34.9 Å². The fourth-order valence-electron chi connectivity index (χ4n) is 1.27. The molecule has 2 atom stereocenters. The third kappa shape index (κ3) is 5.38. The molecule has 0 amide bonds. The minimum absolute atomic E-state index is 0.162. The van der Waals surface area contributed by atoms with Crippen molar-refractivity contribution in [1.82, 2.24) is 0 Å². The molecule has 2 N–H and O–H groups in total. The van der Waals surface area contributed by atoms with E-state index in [4.69, 9.17) is 16.0 Å². The van der Waals surface area contributed by atoms with Crippen LogP contribution in [0.3, 0.4) is 0 Å². The molecule has 0 heterocycles. The summed E-state index contributed by atoms with van der Waals surface area (Å²) in [5.74, 6) is -2.68. The summed E-state index contributed by atoms with van der Waals surface area (Å²) in [6, 6.07) is 0. The van der Waals surface area contributed by atoms with Crippen LogP contribution >= 0.6 is 0 Å². The molecule has 0 aromatic heterocycles. The van der Waals surface area contributed by atoms with Crippen LogP contribution in [-0.2, 0) is 14.3 Å². The third-order valence-electron chi connectivity index (χ3n) is 2.09. The lowest BCUT2D eigenvalue weighted by Gasteiger charge is -2.24. The van der Waals surface area contributed by atoms with Crippen LogP contribution < -0.4 is 5.73 Å². The van der Waals surface area contributed by atoms with E-state index in [2.05, 4.69) is 4.79 Å². The van der Waals surface area contributed by atoms with Gasteiger partial charge in [-0.3, -0.25) is 9.59 Å². The van der Waals surface area contributed by atoms with E-state index in [0.717, 1.165) is 0 Å². The Morgan fingerprint density at radius 2 is 2.00 bits per heavy atom. The van der Waals surface area contributed by atoms with Crippen LogP contribution in [0.5, 0.6) is 0 Å². The van der Waals surface area contributed by atoms with Gasteiger partial charge in [0.1, 0.15) is 11.5 Å². The summed E-state index contributed by atoms with van der Waals surface area (Å²) in [6.07, 6.45) is 0.695. The SMILES string of the molecule is CC(CN)C(C(=O)C=[N+]=[N-])C(=O)OC(C)(C)C. The van der Waals surface area contributed by atoms with Gasteiger partial charge in [0.25, 0.3) is 5.78 Å². The second-order valence-corrected chi connectivity index (χ2v) is 4.87. The largest absolute Gasteiger partial charge is 0.459 e. The molecule has 6 nitrogen and oxygen atoms in total. The summed E-state index contributed by atoms with van der Waals surface area (Å²) < 4.78 is 5.13. The number of ether oxygens (including phenoxy) is 1. The highest BCUT2D eigenvalue weighted by Crippen LogP contribution is 2.17. The van der Waals surface area contributed by atoms with E-state index < -0.39 is 23.3 Å². The van der Waals surface area contributed by atoms with E-state index in [1.165, 1.54) is 0 Å². The highest BCUT2D eigenvalue weighted by Gasteiger charge is 2.36. The Bertz CT molecular complexity index is 340. The van der Waals surface area contributed by atoms with Gasteiger partial charge in [-0.05, 0) is 33.2 Å². The number of hydrogen-bond acceptors (Lipinski definition) is 4. The molecule has 0 saturated carbocycles. The van der Waals surface area contributed by atoms with Crippen LogP contribution in [0.25, 0.3) is 5.53 Å². The van der Waals surface area contributed by atoms with E-state index in [1.54, 1.807) is 27.7 Å². The first-order valence-corrected chi connectivity index (χ1v) is 5.37. The van der Waals surface area contributed by atoms with Crippen LogP contribution in [0.2, 0.25) is 0 Å². The Hall–Kier alpha value is -1.52. The number of esters is 1. The lowest BCUT2D eigenvalue weighted by atomic mass is 9.90. The first-order chi connectivity index (χ1) is 7.72. The predicted octanol–water partition coefficient (Wildman–Crippen LogP) is 0.409. The molecule has 0 aromatic rings. The first-order valence-electron chi connectivity index (χ1n) is 5.37. The van der Waals surface area contributed by atoms with Crippen molar-refractivity contribution in [1.29, 1.82) is 0 Å². The molecular weight excluding hydrogens is 222 g/mol. The number of nitrogens with two attached hydrogens (primary N) is 1. The average Bonchev–Trinajstić information content (AvgIpc) is 2.15. The van der Waals surface area contributed by atoms with Crippen molar-refractivity contribution in [3.8, 4) is 0 Å². The Kier molecular flexibility index (Phi) is 5.71. The molecule has 0 aliphatic rings. The maximum atomic E-state index is 11.8. The molecular formula is C11H19N3O3. The first kappa shape index (κ1) is 15.5. The standard InChI is InChI=1S/C11H19N3O3/c1-7(5-12)9(8(15)6-14-13)10(16)17-11(2,3)4/h6-7,9H,5,12H2,1-4H3. The Balaban J connectivity index is 4.99. The number of carbonyl (C=O) groups is 2. The number of rotatable bonds is 5. The molecule has 0 spiro atoms. The van der Waals surface area contributed by atoms with Crippen molar-refractivity contribution < 1.29 is 19.1 Å². The van der Waals surface area contributed by atoms with Crippen molar-refractivity contribution in [3.63, 3.8) is 0 Å². The summed E-state index contributed by atoms with van der Waals surface area (Å²) in [5.41, 5.74) is 13.1. The zero-order chi connectivity index (χ0) is 13.6. The number of Topliss-reactive ketones (excluding diaryl/α,β-unsaturated/α-hetero) is 1. The van der Waals surface area contributed by atoms with E-state index in [9.17, 15) is 9.59 Å². The molecule has 0 aromatic carbocycles. The van der Waals surface area contributed by atoms with Crippen molar-refractivity contribution in [2.45, 2.75) is 33.3 Å². The molecule has 2 unspecified atom stereocenters. The lowest BCUT2D eigenvalue weighted by Crippen LogP contribution is -2.39. The van der Waals surface area contributed by atoms with Crippen molar-refractivity contribution in [2.24, 2.45) is 17.6 Å². The molecule has 0 radical (unpaired) electrons. The summed E-state index contributed by atoms with van der Waals surface area (Å²) in [4.78, 5) is 26.1. The summed E-state index contributed by atoms with van der Waals surface area (Å²) in [7, 11) is 0.